The van der Waals surface area contributed by atoms with Crippen LogP contribution in [-0.2, 0) is 11.3 Å². The zero-order chi connectivity index (χ0) is 29.3. The number of aromatic nitrogens is 3. The minimum Gasteiger partial charge on any atom is -0.494 e. The molecule has 41 heavy (non-hydrogen) atoms. The third-order valence-electron chi connectivity index (χ3n) is 6.66. The first-order valence-corrected chi connectivity index (χ1v) is 12.7. The van der Waals surface area contributed by atoms with Gasteiger partial charge in [0.2, 0.25) is 0 Å². The van der Waals surface area contributed by atoms with Gasteiger partial charge in [-0.25, -0.2) is 14.2 Å². The Morgan fingerprint density at radius 1 is 1.17 bits per heavy atom. The van der Waals surface area contributed by atoms with Crippen molar-refractivity contribution < 1.29 is 27.9 Å². The van der Waals surface area contributed by atoms with E-state index in [-0.39, 0.29) is 17.2 Å². The van der Waals surface area contributed by atoms with E-state index in [1.165, 1.54) is 12.0 Å². The van der Waals surface area contributed by atoms with Gasteiger partial charge in [-0.3, -0.25) is 20.0 Å². The quantitative estimate of drug-likeness (QED) is 0.288. The summed E-state index contributed by atoms with van der Waals surface area (Å²) in [6.45, 7) is 2.02. The zero-order valence-electron chi connectivity index (χ0n) is 22.9. The van der Waals surface area contributed by atoms with E-state index in [9.17, 15) is 18.8 Å². The SMILES string of the molecule is CN(C)CCN(c1cn[nH]c1)c1ccc2oc(C3NC(=O)NC3=O)cc2n1.COc1ccc2c(c1F)C(=O)N(C)C2. The molecule has 2 aliphatic heterocycles. The summed E-state index contributed by atoms with van der Waals surface area (Å²) in [7, 11) is 7.04. The lowest BCUT2D eigenvalue weighted by Gasteiger charge is -2.23. The summed E-state index contributed by atoms with van der Waals surface area (Å²) in [4.78, 5) is 45.0. The van der Waals surface area contributed by atoms with Crippen LogP contribution in [0.25, 0.3) is 11.1 Å². The van der Waals surface area contributed by atoms with Crippen LogP contribution in [0.2, 0.25) is 0 Å². The van der Waals surface area contributed by atoms with Crippen molar-refractivity contribution in [1.29, 1.82) is 0 Å². The molecular weight excluding hydrogens is 535 g/mol. The van der Waals surface area contributed by atoms with E-state index >= 15 is 0 Å². The average Bonchev–Trinajstić information content (AvgIpc) is 3.72. The number of aromatic amines is 1. The number of benzene rings is 1. The van der Waals surface area contributed by atoms with Crippen LogP contribution in [0, 0.1) is 5.82 Å². The fourth-order valence-corrected chi connectivity index (χ4v) is 4.55. The van der Waals surface area contributed by atoms with Gasteiger partial charge in [-0.2, -0.15) is 5.10 Å². The monoisotopic (exact) mass is 564 g/mol. The van der Waals surface area contributed by atoms with E-state index in [2.05, 4.69) is 30.7 Å². The fourth-order valence-electron chi connectivity index (χ4n) is 4.55. The minimum absolute atomic E-state index is 0.118. The van der Waals surface area contributed by atoms with Gasteiger partial charge in [0.15, 0.2) is 23.2 Å². The summed E-state index contributed by atoms with van der Waals surface area (Å²) in [5.41, 5.74) is 2.91. The number of ether oxygens (including phenoxy) is 1. The number of rotatable bonds is 7. The van der Waals surface area contributed by atoms with E-state index in [1.54, 1.807) is 43.7 Å². The van der Waals surface area contributed by atoms with Gasteiger partial charge >= 0.3 is 6.03 Å². The first-order chi connectivity index (χ1) is 19.7. The molecule has 1 saturated heterocycles. The summed E-state index contributed by atoms with van der Waals surface area (Å²) >= 11 is 0. The summed E-state index contributed by atoms with van der Waals surface area (Å²) in [5, 5.41) is 11.6. The van der Waals surface area contributed by atoms with Crippen molar-refractivity contribution in [3.05, 3.63) is 65.4 Å². The molecule has 14 heteroatoms. The van der Waals surface area contributed by atoms with Crippen molar-refractivity contribution in [1.82, 2.24) is 35.6 Å². The molecule has 1 aromatic carbocycles. The highest BCUT2D eigenvalue weighted by Gasteiger charge is 2.34. The lowest BCUT2D eigenvalue weighted by atomic mass is 10.1. The van der Waals surface area contributed by atoms with E-state index in [0.29, 0.717) is 23.4 Å². The molecule has 1 fully saturated rings. The number of hydrogen-bond acceptors (Lipinski definition) is 9. The Morgan fingerprint density at radius 3 is 2.63 bits per heavy atom. The highest BCUT2D eigenvalue weighted by Crippen LogP contribution is 2.30. The molecule has 5 heterocycles. The Labute approximate surface area is 234 Å². The molecule has 13 nitrogen and oxygen atoms in total. The lowest BCUT2D eigenvalue weighted by Crippen LogP contribution is -2.28. The standard InChI is InChI=1S/C17H19N7O3.C10H10FNO2/c1-23(2)5-6-24(10-8-18-19-9-10)14-4-3-12-11(20-14)7-13(27-12)15-16(25)22-17(26)21-15;1-12-5-6-3-4-7(14-2)9(11)8(6)10(12)13/h3-4,7-9,15H,5-6H2,1-2H3,(H,18,19)(H2,21,22,25,26);3-4H,5H2,1-2H3. The lowest BCUT2D eigenvalue weighted by molar-refractivity contribution is -0.120. The van der Waals surface area contributed by atoms with Gasteiger partial charge in [0, 0.05) is 38.9 Å². The molecule has 214 valence electrons. The molecule has 1 atom stereocenters. The maximum absolute atomic E-state index is 13.6. The number of pyridine rings is 1. The topological polar surface area (TPSA) is 149 Å². The van der Waals surface area contributed by atoms with Gasteiger partial charge < -0.3 is 29.2 Å². The zero-order valence-corrected chi connectivity index (χ0v) is 22.9. The Hall–Kier alpha value is -4.98. The fraction of sp³-hybridized carbons (Fsp3) is 0.296. The van der Waals surface area contributed by atoms with Crippen molar-refractivity contribution >= 4 is 40.5 Å². The maximum Gasteiger partial charge on any atom is 0.322 e. The maximum atomic E-state index is 13.6. The minimum atomic E-state index is -0.839. The number of nitrogens with one attached hydrogen (secondary N) is 3. The first kappa shape index (κ1) is 27.6. The normalized spacial score (nSPS) is 16.0. The van der Waals surface area contributed by atoms with Crippen molar-refractivity contribution in [3.8, 4) is 5.75 Å². The summed E-state index contributed by atoms with van der Waals surface area (Å²) in [5.74, 6) is -0.0763. The van der Waals surface area contributed by atoms with Crippen molar-refractivity contribution in [3.63, 3.8) is 0 Å². The van der Waals surface area contributed by atoms with E-state index in [4.69, 9.17) is 9.15 Å². The molecule has 0 aliphatic carbocycles. The Balaban J connectivity index is 0.000000202. The predicted octanol–water partition coefficient (Wildman–Crippen LogP) is 2.55. The highest BCUT2D eigenvalue weighted by atomic mass is 19.1. The van der Waals surface area contributed by atoms with E-state index in [0.717, 1.165) is 30.2 Å². The molecule has 2 aliphatic rings. The van der Waals surface area contributed by atoms with Crippen LogP contribution in [0.15, 0.2) is 47.1 Å². The number of fused-ring (bicyclic) bond motifs is 2. The van der Waals surface area contributed by atoms with Gasteiger partial charge in [0.05, 0.1) is 24.6 Å². The number of urea groups is 1. The molecule has 0 spiro atoms. The van der Waals surface area contributed by atoms with Gasteiger partial charge in [-0.05, 0) is 37.9 Å². The number of halogens is 1. The number of furan rings is 1. The number of amides is 4. The van der Waals surface area contributed by atoms with Crippen LogP contribution in [0.1, 0.15) is 27.7 Å². The molecule has 1 unspecified atom stereocenters. The molecule has 4 aromatic rings. The highest BCUT2D eigenvalue weighted by molar-refractivity contribution is 6.04. The van der Waals surface area contributed by atoms with Gasteiger partial charge in [0.1, 0.15) is 17.1 Å². The molecule has 0 radical (unpaired) electrons. The third kappa shape index (κ3) is 5.54. The number of imide groups is 1. The number of hydrogen-bond donors (Lipinski definition) is 3. The molecule has 3 N–H and O–H groups in total. The second kappa shape index (κ2) is 11.3. The third-order valence-corrected chi connectivity index (χ3v) is 6.66. The van der Waals surface area contributed by atoms with Crippen molar-refractivity contribution in [2.75, 3.05) is 46.2 Å². The number of nitrogens with zero attached hydrogens (tertiary/aromatic N) is 5. The van der Waals surface area contributed by atoms with Gasteiger partial charge in [0.25, 0.3) is 11.8 Å². The van der Waals surface area contributed by atoms with Crippen molar-refractivity contribution in [2.24, 2.45) is 0 Å². The largest absolute Gasteiger partial charge is 0.494 e. The number of carbonyl (C=O) groups is 3. The molecule has 3 aromatic heterocycles. The predicted molar refractivity (Wildman–Crippen MR) is 146 cm³/mol. The molecule has 6 rings (SSSR count). The van der Waals surface area contributed by atoms with Gasteiger partial charge in [-0.15, -0.1) is 0 Å². The van der Waals surface area contributed by atoms with E-state index < -0.39 is 23.8 Å². The molecule has 0 bridgehead atoms. The van der Waals surface area contributed by atoms with Gasteiger partial charge in [-0.1, -0.05) is 6.07 Å². The van der Waals surface area contributed by atoms with Crippen LogP contribution >= 0.6 is 0 Å². The summed E-state index contributed by atoms with van der Waals surface area (Å²) in [6.07, 6.45) is 3.54. The molecular formula is C27H29FN8O5. The molecule has 4 amide bonds. The number of carbonyl (C=O) groups excluding carboxylic acids is 3. The van der Waals surface area contributed by atoms with Crippen LogP contribution in [0.4, 0.5) is 20.7 Å². The smallest absolute Gasteiger partial charge is 0.322 e. The summed E-state index contributed by atoms with van der Waals surface area (Å²) in [6, 6.07) is 7.22. The first-order valence-electron chi connectivity index (χ1n) is 12.7. The number of anilines is 2. The summed E-state index contributed by atoms with van der Waals surface area (Å²) < 4.78 is 24.1. The second-order valence-electron chi connectivity index (χ2n) is 9.79. The Morgan fingerprint density at radius 2 is 1.98 bits per heavy atom. The van der Waals surface area contributed by atoms with Crippen LogP contribution in [0.5, 0.6) is 5.75 Å². The van der Waals surface area contributed by atoms with Crippen LogP contribution in [0.3, 0.4) is 0 Å². The van der Waals surface area contributed by atoms with Crippen LogP contribution in [-0.4, -0.2) is 84.2 Å². The van der Waals surface area contributed by atoms with Crippen molar-refractivity contribution in [2.45, 2.75) is 12.6 Å². The average molecular weight is 565 g/mol. The Bertz CT molecular complexity index is 1600. The number of methoxy groups -OCH3 is 1. The van der Waals surface area contributed by atoms with Crippen LogP contribution < -0.4 is 20.3 Å². The van der Waals surface area contributed by atoms with E-state index in [1.807, 2.05) is 25.1 Å². The molecule has 0 saturated carbocycles. The number of likely N-dealkylation sites (N-methyl/N-ethyl adjacent to an activating group) is 1. The Kier molecular flexibility index (Phi) is 7.57. The second-order valence-corrected chi connectivity index (χ2v) is 9.79. The number of H-pyrrole nitrogens is 1.